The molecule has 0 saturated carbocycles. The summed E-state index contributed by atoms with van der Waals surface area (Å²) in [7, 11) is 0. The van der Waals surface area contributed by atoms with E-state index in [1.165, 1.54) is 0 Å². The Balaban J connectivity index is 3.24. The van der Waals surface area contributed by atoms with Crippen molar-refractivity contribution in [3.05, 3.63) is 39.4 Å². The van der Waals surface area contributed by atoms with Crippen LogP contribution in [0.25, 0.3) is 0 Å². The molecule has 0 saturated heterocycles. The molecule has 1 aromatic rings. The Hall–Kier alpha value is -2.07. The maximum atomic E-state index is 12.5. The summed E-state index contributed by atoms with van der Waals surface area (Å²) >= 11 is 0. The molecule has 0 unspecified atom stereocenters. The fourth-order valence-corrected chi connectivity index (χ4v) is 1.19. The Labute approximate surface area is 101 Å². The summed E-state index contributed by atoms with van der Waals surface area (Å²) in [5, 5.41) is 10.5. The average Bonchev–Trinajstić information content (AvgIpc) is 2.28. The molecular formula is C11H9F3N2O2. The zero-order valence-electron chi connectivity index (χ0n) is 9.12. The molecular weight excluding hydrogens is 249 g/mol. The lowest BCUT2D eigenvalue weighted by molar-refractivity contribution is -0.385. The van der Waals surface area contributed by atoms with Gasteiger partial charge in [-0.05, 0) is 6.07 Å². The van der Waals surface area contributed by atoms with Gasteiger partial charge >= 0.3 is 6.18 Å². The van der Waals surface area contributed by atoms with Crippen molar-refractivity contribution in [1.82, 2.24) is 0 Å². The largest absolute Gasteiger partial charge is 0.416 e. The van der Waals surface area contributed by atoms with E-state index in [4.69, 9.17) is 5.73 Å². The minimum Gasteiger partial charge on any atom is -0.330 e. The number of hydrogen-bond donors (Lipinski definition) is 1. The molecule has 7 heteroatoms. The Bertz CT molecular complexity index is 515. The Kier molecular flexibility index (Phi) is 4.28. The van der Waals surface area contributed by atoms with Crippen LogP contribution >= 0.6 is 0 Å². The third kappa shape index (κ3) is 3.75. The van der Waals surface area contributed by atoms with Crippen LogP contribution < -0.4 is 5.73 Å². The van der Waals surface area contributed by atoms with E-state index in [0.717, 1.165) is 12.1 Å². The van der Waals surface area contributed by atoms with Crippen molar-refractivity contribution < 1.29 is 18.1 Å². The topological polar surface area (TPSA) is 69.2 Å². The highest BCUT2D eigenvalue weighted by Gasteiger charge is 2.32. The van der Waals surface area contributed by atoms with Crippen molar-refractivity contribution in [3.63, 3.8) is 0 Å². The van der Waals surface area contributed by atoms with Gasteiger partial charge in [0.15, 0.2) is 0 Å². The number of rotatable bonds is 2. The van der Waals surface area contributed by atoms with Gasteiger partial charge in [0, 0.05) is 30.7 Å². The van der Waals surface area contributed by atoms with Gasteiger partial charge < -0.3 is 5.73 Å². The summed E-state index contributed by atoms with van der Waals surface area (Å²) in [6, 6.07) is 2.25. The van der Waals surface area contributed by atoms with Crippen molar-refractivity contribution in [2.75, 3.05) is 6.54 Å². The van der Waals surface area contributed by atoms with Crippen LogP contribution in [0.3, 0.4) is 0 Å². The highest BCUT2D eigenvalue weighted by molar-refractivity contribution is 5.47. The quantitative estimate of drug-likeness (QED) is 0.502. The highest BCUT2D eigenvalue weighted by atomic mass is 19.4. The summed E-state index contributed by atoms with van der Waals surface area (Å²) in [4.78, 5) is 9.65. The Morgan fingerprint density at radius 3 is 2.50 bits per heavy atom. The number of halogens is 3. The van der Waals surface area contributed by atoms with Gasteiger partial charge in [-0.25, -0.2) is 0 Å². The Morgan fingerprint density at radius 1 is 1.33 bits per heavy atom. The standard InChI is InChI=1S/C11H9F3N2O2/c12-11(13,14)9-5-8(3-1-2-4-15)6-10(7-9)16(17)18/h5-7H,2,4,15H2. The van der Waals surface area contributed by atoms with E-state index < -0.39 is 22.4 Å². The maximum absolute atomic E-state index is 12.5. The van der Waals surface area contributed by atoms with E-state index in [9.17, 15) is 23.3 Å². The third-order valence-corrected chi connectivity index (χ3v) is 1.96. The van der Waals surface area contributed by atoms with Crippen LogP contribution in [0.15, 0.2) is 18.2 Å². The SMILES string of the molecule is NCCC#Cc1cc([N+](=O)[O-])cc(C(F)(F)F)c1. The molecule has 0 atom stereocenters. The molecule has 0 radical (unpaired) electrons. The lowest BCUT2D eigenvalue weighted by atomic mass is 10.1. The molecule has 0 bridgehead atoms. The summed E-state index contributed by atoms with van der Waals surface area (Å²) in [6.07, 6.45) is -4.33. The van der Waals surface area contributed by atoms with E-state index in [-0.39, 0.29) is 12.1 Å². The lowest BCUT2D eigenvalue weighted by Gasteiger charge is -2.06. The minimum absolute atomic E-state index is 0.0509. The van der Waals surface area contributed by atoms with Crippen LogP contribution in [0.4, 0.5) is 18.9 Å². The smallest absolute Gasteiger partial charge is 0.330 e. The van der Waals surface area contributed by atoms with Gasteiger partial charge in [-0.3, -0.25) is 10.1 Å². The van der Waals surface area contributed by atoms with Crippen LogP contribution in [-0.2, 0) is 6.18 Å². The molecule has 2 N–H and O–H groups in total. The Morgan fingerprint density at radius 2 is 2.00 bits per heavy atom. The van der Waals surface area contributed by atoms with E-state index in [1.807, 2.05) is 0 Å². The van der Waals surface area contributed by atoms with Crippen LogP contribution in [0.5, 0.6) is 0 Å². The molecule has 0 fully saturated rings. The number of alkyl halides is 3. The second-order valence-electron chi connectivity index (χ2n) is 3.36. The van der Waals surface area contributed by atoms with Gasteiger partial charge in [-0.2, -0.15) is 13.2 Å². The first-order valence-electron chi connectivity index (χ1n) is 4.90. The first kappa shape index (κ1) is 14.0. The van der Waals surface area contributed by atoms with Crippen LogP contribution in [0.2, 0.25) is 0 Å². The van der Waals surface area contributed by atoms with Crippen molar-refractivity contribution in [2.45, 2.75) is 12.6 Å². The van der Waals surface area contributed by atoms with Gasteiger partial charge in [0.05, 0.1) is 10.5 Å². The predicted octanol–water partition coefficient (Wildman–Crippen LogP) is 2.31. The lowest BCUT2D eigenvalue weighted by Crippen LogP contribution is -2.06. The number of hydrogen-bond acceptors (Lipinski definition) is 3. The average molecular weight is 258 g/mol. The van der Waals surface area contributed by atoms with Gasteiger partial charge in [-0.15, -0.1) is 0 Å². The van der Waals surface area contributed by atoms with Gasteiger partial charge in [-0.1, -0.05) is 11.8 Å². The van der Waals surface area contributed by atoms with Crippen LogP contribution in [0.1, 0.15) is 17.5 Å². The fraction of sp³-hybridized carbons (Fsp3) is 0.273. The van der Waals surface area contributed by atoms with Gasteiger partial charge in [0.25, 0.3) is 5.69 Å². The molecule has 1 aromatic carbocycles. The number of non-ortho nitro benzene ring substituents is 1. The van der Waals surface area contributed by atoms with Gasteiger partial charge in [0.2, 0.25) is 0 Å². The molecule has 18 heavy (non-hydrogen) atoms. The number of nitrogens with two attached hydrogens (primary N) is 1. The molecule has 0 spiro atoms. The molecule has 0 amide bonds. The first-order valence-corrected chi connectivity index (χ1v) is 4.90. The monoisotopic (exact) mass is 258 g/mol. The van der Waals surface area contributed by atoms with Crippen LogP contribution in [0, 0.1) is 22.0 Å². The summed E-state index contributed by atoms with van der Waals surface area (Å²) in [5.41, 5.74) is 3.40. The van der Waals surface area contributed by atoms with Crippen LogP contribution in [-0.4, -0.2) is 11.5 Å². The predicted molar refractivity (Wildman–Crippen MR) is 58.6 cm³/mol. The maximum Gasteiger partial charge on any atom is 0.416 e. The molecule has 4 nitrogen and oxygen atoms in total. The number of nitro groups is 1. The van der Waals surface area contributed by atoms with Gasteiger partial charge in [0.1, 0.15) is 0 Å². The second-order valence-corrected chi connectivity index (χ2v) is 3.36. The number of nitrogens with zero attached hydrogens (tertiary/aromatic N) is 1. The zero-order valence-corrected chi connectivity index (χ0v) is 9.12. The number of benzene rings is 1. The highest BCUT2D eigenvalue weighted by Crippen LogP contribution is 2.32. The molecule has 1 rings (SSSR count). The molecule has 0 aliphatic heterocycles. The van der Waals surface area contributed by atoms with E-state index >= 15 is 0 Å². The molecule has 96 valence electrons. The van der Waals surface area contributed by atoms with Crippen molar-refractivity contribution in [3.8, 4) is 11.8 Å². The molecule has 0 aromatic heterocycles. The zero-order chi connectivity index (χ0) is 13.8. The van der Waals surface area contributed by atoms with E-state index in [0.29, 0.717) is 12.5 Å². The normalized spacial score (nSPS) is 10.7. The molecule has 0 aliphatic rings. The fourth-order valence-electron chi connectivity index (χ4n) is 1.19. The van der Waals surface area contributed by atoms with E-state index in [1.54, 1.807) is 0 Å². The second kappa shape index (κ2) is 5.51. The summed E-state index contributed by atoms with van der Waals surface area (Å²) < 4.78 is 37.5. The molecule has 0 heterocycles. The number of nitro benzene ring substituents is 1. The van der Waals surface area contributed by atoms with Crippen molar-refractivity contribution >= 4 is 5.69 Å². The van der Waals surface area contributed by atoms with E-state index in [2.05, 4.69) is 11.8 Å². The minimum atomic E-state index is -4.64. The third-order valence-electron chi connectivity index (χ3n) is 1.96. The summed E-state index contributed by atoms with van der Waals surface area (Å²) in [6.45, 7) is 0.272. The van der Waals surface area contributed by atoms with Crippen molar-refractivity contribution in [1.29, 1.82) is 0 Å². The first-order chi connectivity index (χ1) is 8.34. The summed E-state index contributed by atoms with van der Waals surface area (Å²) in [5.74, 6) is 4.95. The molecule has 0 aliphatic carbocycles. The van der Waals surface area contributed by atoms with Crippen molar-refractivity contribution in [2.24, 2.45) is 5.73 Å².